The van der Waals surface area contributed by atoms with Crippen molar-refractivity contribution in [3.05, 3.63) is 60.9 Å². The number of sulfonamides is 1. The average Bonchev–Trinajstić information content (AvgIpc) is 3.30. The van der Waals surface area contributed by atoms with Crippen LogP contribution in [0, 0.1) is 0 Å². The third kappa shape index (κ3) is 4.10. The first-order chi connectivity index (χ1) is 14.1. The maximum Gasteiger partial charge on any atom is 0.243 e. The second-order valence-corrected chi connectivity index (χ2v) is 8.57. The number of aromatic nitrogens is 3. The predicted octanol–water partition coefficient (Wildman–Crippen LogP) is 2.18. The molecular formula is C20H23N5O3S. The van der Waals surface area contributed by atoms with Crippen molar-refractivity contribution in [1.82, 2.24) is 19.1 Å². The van der Waals surface area contributed by atoms with Gasteiger partial charge in [0.15, 0.2) is 11.6 Å². The van der Waals surface area contributed by atoms with Crippen LogP contribution in [-0.4, -0.2) is 60.3 Å². The first-order valence-electron chi connectivity index (χ1n) is 9.53. The fraction of sp³-hybridized carbons (Fsp3) is 0.300. The fourth-order valence-corrected chi connectivity index (χ4v) is 4.72. The maximum atomic E-state index is 12.9. The van der Waals surface area contributed by atoms with Crippen molar-refractivity contribution < 1.29 is 13.2 Å². The molecule has 0 atom stereocenters. The first kappa shape index (κ1) is 19.4. The molecule has 0 amide bonds. The Balaban J connectivity index is 1.40. The molecule has 1 aliphatic rings. The lowest BCUT2D eigenvalue weighted by atomic mass is 10.3. The van der Waals surface area contributed by atoms with Gasteiger partial charge in [-0.15, -0.1) is 10.2 Å². The Kier molecular flexibility index (Phi) is 5.50. The van der Waals surface area contributed by atoms with Crippen LogP contribution < -0.4 is 9.64 Å². The number of piperazine rings is 1. The first-order valence-corrected chi connectivity index (χ1v) is 11.0. The van der Waals surface area contributed by atoms with E-state index >= 15 is 0 Å². The Morgan fingerprint density at radius 3 is 2.10 bits per heavy atom. The molecule has 8 nitrogen and oxygen atoms in total. The van der Waals surface area contributed by atoms with E-state index in [4.69, 9.17) is 4.74 Å². The molecule has 2 aromatic heterocycles. The summed E-state index contributed by atoms with van der Waals surface area (Å²) < 4.78 is 34.6. The third-order valence-corrected chi connectivity index (χ3v) is 6.75. The second kappa shape index (κ2) is 8.22. The van der Waals surface area contributed by atoms with Gasteiger partial charge in [0.1, 0.15) is 5.75 Å². The summed E-state index contributed by atoms with van der Waals surface area (Å²) in [5, 5.41) is 8.57. The van der Waals surface area contributed by atoms with Gasteiger partial charge in [0, 0.05) is 38.6 Å². The fourth-order valence-electron chi connectivity index (χ4n) is 3.29. The Morgan fingerprint density at radius 2 is 1.52 bits per heavy atom. The number of ether oxygens (including phenoxy) is 1. The van der Waals surface area contributed by atoms with Crippen molar-refractivity contribution in [2.75, 3.05) is 37.7 Å². The van der Waals surface area contributed by atoms with Gasteiger partial charge in [-0.05, 0) is 55.5 Å². The lowest BCUT2D eigenvalue weighted by molar-refractivity contribution is 0.340. The zero-order chi connectivity index (χ0) is 20.3. The Morgan fingerprint density at radius 1 is 0.897 bits per heavy atom. The van der Waals surface area contributed by atoms with Gasteiger partial charge >= 0.3 is 0 Å². The predicted molar refractivity (Wildman–Crippen MR) is 110 cm³/mol. The number of benzene rings is 1. The molecule has 0 unspecified atom stereocenters. The normalized spacial score (nSPS) is 15.4. The van der Waals surface area contributed by atoms with Crippen molar-refractivity contribution >= 4 is 15.8 Å². The van der Waals surface area contributed by atoms with E-state index in [1.165, 1.54) is 4.31 Å². The van der Waals surface area contributed by atoms with E-state index in [2.05, 4.69) is 15.1 Å². The van der Waals surface area contributed by atoms with Gasteiger partial charge in [-0.25, -0.2) is 8.42 Å². The highest BCUT2D eigenvalue weighted by molar-refractivity contribution is 7.89. The minimum absolute atomic E-state index is 0.283. The molecule has 0 aliphatic carbocycles. The zero-order valence-electron chi connectivity index (χ0n) is 16.2. The number of anilines is 1. The van der Waals surface area contributed by atoms with E-state index < -0.39 is 10.0 Å². The monoisotopic (exact) mass is 413 g/mol. The van der Waals surface area contributed by atoms with Gasteiger partial charge in [0.25, 0.3) is 0 Å². The van der Waals surface area contributed by atoms with E-state index in [1.54, 1.807) is 24.3 Å². The SMILES string of the molecule is CCOc1ccc(S(=O)(=O)N2CCN(c3ccc(-n4cccc4)nn3)CC2)cc1. The van der Waals surface area contributed by atoms with Crippen LogP contribution in [0.5, 0.6) is 5.75 Å². The lowest BCUT2D eigenvalue weighted by Crippen LogP contribution is -2.49. The van der Waals surface area contributed by atoms with Crippen LogP contribution in [0.1, 0.15) is 6.92 Å². The van der Waals surface area contributed by atoms with E-state index in [0.29, 0.717) is 38.5 Å². The molecule has 3 heterocycles. The highest BCUT2D eigenvalue weighted by atomic mass is 32.2. The molecule has 1 aliphatic heterocycles. The van der Waals surface area contributed by atoms with Crippen LogP contribution in [0.15, 0.2) is 65.8 Å². The van der Waals surface area contributed by atoms with Gasteiger partial charge in [-0.1, -0.05) is 0 Å². The van der Waals surface area contributed by atoms with E-state index in [0.717, 1.165) is 11.6 Å². The van der Waals surface area contributed by atoms with Gasteiger partial charge in [-0.3, -0.25) is 0 Å². The summed E-state index contributed by atoms with van der Waals surface area (Å²) in [5.74, 6) is 2.16. The molecule has 0 radical (unpaired) electrons. The second-order valence-electron chi connectivity index (χ2n) is 6.64. The molecule has 1 aromatic carbocycles. The van der Waals surface area contributed by atoms with Crippen LogP contribution in [-0.2, 0) is 10.0 Å². The van der Waals surface area contributed by atoms with Crippen molar-refractivity contribution in [3.8, 4) is 11.6 Å². The van der Waals surface area contributed by atoms with E-state index in [9.17, 15) is 8.42 Å². The van der Waals surface area contributed by atoms with E-state index in [1.807, 2.05) is 48.1 Å². The molecule has 4 rings (SSSR count). The molecule has 0 bridgehead atoms. The summed E-state index contributed by atoms with van der Waals surface area (Å²) >= 11 is 0. The van der Waals surface area contributed by atoms with Crippen LogP contribution in [0.2, 0.25) is 0 Å². The summed E-state index contributed by atoms with van der Waals surface area (Å²) in [5.41, 5.74) is 0. The van der Waals surface area contributed by atoms with Gasteiger partial charge in [0.05, 0.1) is 11.5 Å². The number of nitrogens with zero attached hydrogens (tertiary/aromatic N) is 5. The van der Waals surface area contributed by atoms with Gasteiger partial charge in [0.2, 0.25) is 10.0 Å². The third-order valence-electron chi connectivity index (χ3n) is 4.84. The minimum atomic E-state index is -3.52. The smallest absolute Gasteiger partial charge is 0.243 e. The molecule has 3 aromatic rings. The highest BCUT2D eigenvalue weighted by Gasteiger charge is 2.29. The summed E-state index contributed by atoms with van der Waals surface area (Å²) in [6.07, 6.45) is 3.82. The summed E-state index contributed by atoms with van der Waals surface area (Å²) in [4.78, 5) is 2.33. The largest absolute Gasteiger partial charge is 0.494 e. The summed E-state index contributed by atoms with van der Waals surface area (Å²) in [7, 11) is -3.52. The van der Waals surface area contributed by atoms with Crippen LogP contribution in [0.25, 0.3) is 5.82 Å². The average molecular weight is 414 g/mol. The quantitative estimate of drug-likeness (QED) is 0.616. The summed E-state index contributed by atoms with van der Waals surface area (Å²) in [6.45, 7) is 4.36. The lowest BCUT2D eigenvalue weighted by Gasteiger charge is -2.34. The van der Waals surface area contributed by atoms with Crippen LogP contribution in [0.4, 0.5) is 5.82 Å². The zero-order valence-corrected chi connectivity index (χ0v) is 17.0. The number of hydrogen-bond donors (Lipinski definition) is 0. The Bertz CT molecular complexity index is 1030. The molecule has 1 fully saturated rings. The molecule has 9 heteroatoms. The minimum Gasteiger partial charge on any atom is -0.494 e. The van der Waals surface area contributed by atoms with Gasteiger partial charge in [-0.2, -0.15) is 4.31 Å². The molecule has 0 N–H and O–H groups in total. The van der Waals surface area contributed by atoms with Crippen molar-refractivity contribution in [1.29, 1.82) is 0 Å². The number of hydrogen-bond acceptors (Lipinski definition) is 6. The molecule has 0 spiro atoms. The molecule has 29 heavy (non-hydrogen) atoms. The molecule has 0 saturated carbocycles. The Hall–Kier alpha value is -2.91. The van der Waals surface area contributed by atoms with Crippen molar-refractivity contribution in [2.45, 2.75) is 11.8 Å². The van der Waals surface area contributed by atoms with Gasteiger partial charge < -0.3 is 14.2 Å². The van der Waals surface area contributed by atoms with E-state index in [-0.39, 0.29) is 4.90 Å². The topological polar surface area (TPSA) is 80.6 Å². The summed E-state index contributed by atoms with van der Waals surface area (Å²) in [6, 6.07) is 14.3. The maximum absolute atomic E-state index is 12.9. The molecule has 1 saturated heterocycles. The molecular weight excluding hydrogens is 390 g/mol. The Labute approximate surface area is 170 Å². The van der Waals surface area contributed by atoms with Crippen molar-refractivity contribution in [2.24, 2.45) is 0 Å². The highest BCUT2D eigenvalue weighted by Crippen LogP contribution is 2.22. The standard InChI is InChI=1S/C20H23N5O3S/c1-2-28-17-5-7-18(8-6-17)29(26,27)25-15-13-24(14-16-25)20-10-9-19(21-22-20)23-11-3-4-12-23/h3-12H,2,13-16H2,1H3. The number of rotatable bonds is 6. The van der Waals surface area contributed by atoms with Crippen molar-refractivity contribution in [3.63, 3.8) is 0 Å². The van der Waals surface area contributed by atoms with Crippen LogP contribution >= 0.6 is 0 Å². The molecule has 152 valence electrons. The van der Waals surface area contributed by atoms with Crippen LogP contribution in [0.3, 0.4) is 0 Å².